The van der Waals surface area contributed by atoms with Crippen LogP contribution in [0.25, 0.3) is 6.08 Å². The molecule has 0 bridgehead atoms. The fourth-order valence-electron chi connectivity index (χ4n) is 2.38. The van der Waals surface area contributed by atoms with Gasteiger partial charge in [0.15, 0.2) is 5.70 Å². The molecule has 0 saturated carbocycles. The van der Waals surface area contributed by atoms with Crippen molar-refractivity contribution in [2.24, 2.45) is 4.99 Å². The number of carbonyl (C=O) groups is 1. The fraction of sp³-hybridized carbons (Fsp3) is 0.111. The zero-order valence-electron chi connectivity index (χ0n) is 13.6. The minimum Gasteiger partial charge on any atom is -0.497 e. The van der Waals surface area contributed by atoms with Crippen LogP contribution in [0.1, 0.15) is 16.7 Å². The number of rotatable bonds is 4. The number of hydrogen-bond donors (Lipinski definition) is 0. The molecule has 0 spiro atoms. The van der Waals surface area contributed by atoms with Crippen molar-refractivity contribution in [2.75, 3.05) is 7.11 Å². The van der Waals surface area contributed by atoms with E-state index in [9.17, 15) is 14.9 Å². The summed E-state index contributed by atoms with van der Waals surface area (Å²) in [6, 6.07) is 11.6. The van der Waals surface area contributed by atoms with Gasteiger partial charge in [0.25, 0.3) is 5.69 Å². The summed E-state index contributed by atoms with van der Waals surface area (Å²) in [5.74, 6) is 0.270. The number of cyclic esters (lactones) is 1. The molecule has 3 rings (SSSR count). The van der Waals surface area contributed by atoms with E-state index in [1.54, 1.807) is 50.4 Å². The second-order valence-electron chi connectivity index (χ2n) is 5.37. The van der Waals surface area contributed by atoms with Gasteiger partial charge in [0.05, 0.1) is 12.0 Å². The Hall–Kier alpha value is -3.48. The lowest BCUT2D eigenvalue weighted by atomic mass is 10.1. The summed E-state index contributed by atoms with van der Waals surface area (Å²) >= 11 is 0. The molecule has 0 N–H and O–H groups in total. The molecule has 0 atom stereocenters. The fourth-order valence-corrected chi connectivity index (χ4v) is 2.38. The van der Waals surface area contributed by atoms with Crippen molar-refractivity contribution in [3.05, 3.63) is 75.0 Å². The van der Waals surface area contributed by atoms with E-state index in [-0.39, 0.29) is 17.3 Å². The Labute approximate surface area is 143 Å². The van der Waals surface area contributed by atoms with E-state index in [1.807, 2.05) is 0 Å². The van der Waals surface area contributed by atoms with Gasteiger partial charge in [-0.2, -0.15) is 0 Å². The summed E-state index contributed by atoms with van der Waals surface area (Å²) in [6.45, 7) is 1.62. The molecule has 7 heteroatoms. The summed E-state index contributed by atoms with van der Waals surface area (Å²) in [4.78, 5) is 26.6. The molecule has 2 aromatic rings. The van der Waals surface area contributed by atoms with Crippen LogP contribution in [-0.4, -0.2) is 23.9 Å². The van der Waals surface area contributed by atoms with Gasteiger partial charge in [0.2, 0.25) is 5.90 Å². The van der Waals surface area contributed by atoms with Crippen molar-refractivity contribution in [1.29, 1.82) is 0 Å². The molecule has 1 aliphatic rings. The lowest BCUT2D eigenvalue weighted by molar-refractivity contribution is -0.385. The Morgan fingerprint density at radius 2 is 1.92 bits per heavy atom. The Morgan fingerprint density at radius 1 is 1.20 bits per heavy atom. The van der Waals surface area contributed by atoms with Gasteiger partial charge in [0.1, 0.15) is 5.75 Å². The molecule has 1 heterocycles. The Bertz CT molecular complexity index is 914. The van der Waals surface area contributed by atoms with Gasteiger partial charge < -0.3 is 9.47 Å². The molecule has 25 heavy (non-hydrogen) atoms. The molecular formula is C18H14N2O5. The van der Waals surface area contributed by atoms with Crippen LogP contribution in [0.15, 0.2) is 53.2 Å². The molecule has 2 aromatic carbocycles. The average Bonchev–Trinajstić information content (AvgIpc) is 2.96. The van der Waals surface area contributed by atoms with Crippen molar-refractivity contribution in [3.8, 4) is 5.75 Å². The van der Waals surface area contributed by atoms with Crippen LogP contribution in [0, 0.1) is 17.0 Å². The molecule has 0 saturated heterocycles. The maximum atomic E-state index is 12.0. The number of nitro groups is 1. The Morgan fingerprint density at radius 3 is 2.52 bits per heavy atom. The van der Waals surface area contributed by atoms with Crippen LogP contribution in [0.2, 0.25) is 0 Å². The number of hydrogen-bond acceptors (Lipinski definition) is 6. The van der Waals surface area contributed by atoms with E-state index in [0.717, 1.165) is 5.56 Å². The molecule has 0 unspecified atom stereocenters. The third-order valence-corrected chi connectivity index (χ3v) is 3.68. The van der Waals surface area contributed by atoms with Crippen LogP contribution in [-0.2, 0) is 9.53 Å². The quantitative estimate of drug-likeness (QED) is 0.369. The van der Waals surface area contributed by atoms with Gasteiger partial charge in [-0.1, -0.05) is 12.1 Å². The van der Waals surface area contributed by atoms with Gasteiger partial charge >= 0.3 is 5.97 Å². The van der Waals surface area contributed by atoms with E-state index in [2.05, 4.69) is 4.99 Å². The first-order valence-corrected chi connectivity index (χ1v) is 7.40. The highest BCUT2D eigenvalue weighted by Gasteiger charge is 2.25. The van der Waals surface area contributed by atoms with Crippen molar-refractivity contribution < 1.29 is 19.2 Å². The number of esters is 1. The second-order valence-corrected chi connectivity index (χ2v) is 5.37. The van der Waals surface area contributed by atoms with Crippen LogP contribution < -0.4 is 4.74 Å². The minimum absolute atomic E-state index is 0.00247. The van der Waals surface area contributed by atoms with Gasteiger partial charge in [0, 0.05) is 17.2 Å². The molecule has 0 aliphatic carbocycles. The first kappa shape index (κ1) is 16.4. The van der Waals surface area contributed by atoms with Crippen molar-refractivity contribution in [3.63, 3.8) is 0 Å². The standard InChI is InChI=1S/C18H14N2O5/c1-11-9-13(5-8-16(11)20(22)23)17-19-15(18(21)25-17)10-12-3-6-14(24-2)7-4-12/h3-10H,1-2H3/b15-10-. The predicted octanol–water partition coefficient (Wildman–Crippen LogP) is 3.26. The van der Waals surface area contributed by atoms with E-state index >= 15 is 0 Å². The maximum Gasteiger partial charge on any atom is 0.363 e. The Kier molecular flexibility index (Phi) is 4.30. The third kappa shape index (κ3) is 3.40. The SMILES string of the molecule is COc1ccc(/C=C2\N=C(c3ccc([N+](=O)[O-])c(C)c3)OC2=O)cc1. The number of carbonyl (C=O) groups excluding carboxylic acids is 1. The van der Waals surface area contributed by atoms with Crippen LogP contribution in [0.4, 0.5) is 5.69 Å². The first-order valence-electron chi connectivity index (χ1n) is 7.40. The highest BCUT2D eigenvalue weighted by atomic mass is 16.6. The molecular weight excluding hydrogens is 324 g/mol. The van der Waals surface area contributed by atoms with Gasteiger partial charge in [-0.3, -0.25) is 10.1 Å². The normalized spacial score (nSPS) is 15.0. The smallest absolute Gasteiger partial charge is 0.363 e. The lowest BCUT2D eigenvalue weighted by Gasteiger charge is -2.01. The highest BCUT2D eigenvalue weighted by Crippen LogP contribution is 2.24. The summed E-state index contributed by atoms with van der Waals surface area (Å²) in [5.41, 5.74) is 1.92. The second kappa shape index (κ2) is 6.56. The van der Waals surface area contributed by atoms with Crippen molar-refractivity contribution in [2.45, 2.75) is 6.92 Å². The molecule has 1 aliphatic heterocycles. The van der Waals surface area contributed by atoms with Crippen LogP contribution in [0.5, 0.6) is 5.75 Å². The van der Waals surface area contributed by atoms with Crippen molar-refractivity contribution >= 4 is 23.6 Å². The first-order chi connectivity index (χ1) is 12.0. The van der Waals surface area contributed by atoms with Crippen LogP contribution >= 0.6 is 0 Å². The highest BCUT2D eigenvalue weighted by molar-refractivity contribution is 6.13. The number of nitrogens with zero attached hydrogens (tertiary/aromatic N) is 2. The number of methoxy groups -OCH3 is 1. The summed E-state index contributed by atoms with van der Waals surface area (Å²) in [6.07, 6.45) is 1.60. The summed E-state index contributed by atoms with van der Waals surface area (Å²) in [7, 11) is 1.57. The molecule has 0 amide bonds. The predicted molar refractivity (Wildman–Crippen MR) is 91.4 cm³/mol. The van der Waals surface area contributed by atoms with E-state index < -0.39 is 10.9 Å². The lowest BCUT2D eigenvalue weighted by Crippen LogP contribution is -2.06. The Balaban J connectivity index is 1.90. The van der Waals surface area contributed by atoms with E-state index in [0.29, 0.717) is 16.9 Å². The zero-order chi connectivity index (χ0) is 18.0. The molecule has 126 valence electrons. The molecule has 0 fully saturated rings. The van der Waals surface area contributed by atoms with Crippen molar-refractivity contribution in [1.82, 2.24) is 0 Å². The van der Waals surface area contributed by atoms with E-state index in [4.69, 9.17) is 9.47 Å². The largest absolute Gasteiger partial charge is 0.497 e. The van der Waals surface area contributed by atoms with Crippen LogP contribution in [0.3, 0.4) is 0 Å². The third-order valence-electron chi connectivity index (χ3n) is 3.68. The molecule has 7 nitrogen and oxygen atoms in total. The molecule has 0 radical (unpaired) electrons. The van der Waals surface area contributed by atoms with E-state index in [1.165, 1.54) is 12.1 Å². The number of ether oxygens (including phenoxy) is 2. The number of aliphatic imine (C=N–C) groups is 1. The number of nitro benzene ring substituents is 1. The summed E-state index contributed by atoms with van der Waals surface area (Å²) < 4.78 is 10.3. The minimum atomic E-state index is -0.568. The molecule has 0 aromatic heterocycles. The maximum absolute atomic E-state index is 12.0. The topological polar surface area (TPSA) is 91.0 Å². The zero-order valence-corrected chi connectivity index (χ0v) is 13.6. The van der Waals surface area contributed by atoms with Gasteiger partial charge in [-0.05, 0) is 42.8 Å². The average molecular weight is 338 g/mol. The monoisotopic (exact) mass is 338 g/mol. The number of aryl methyl sites for hydroxylation is 1. The van der Waals surface area contributed by atoms with Gasteiger partial charge in [-0.15, -0.1) is 0 Å². The summed E-state index contributed by atoms with van der Waals surface area (Å²) in [5, 5.41) is 10.9. The van der Waals surface area contributed by atoms with Gasteiger partial charge in [-0.25, -0.2) is 9.79 Å². The number of benzene rings is 2.